The molecule has 0 aromatic carbocycles. The van der Waals surface area contributed by atoms with Crippen LogP contribution in [0.1, 0.15) is 213 Å². The van der Waals surface area contributed by atoms with Gasteiger partial charge in [-0.15, -0.1) is 0 Å². The molecule has 0 aromatic heterocycles. The fourth-order valence-corrected chi connectivity index (χ4v) is 6.72. The molecule has 6 nitrogen and oxygen atoms in total. The number of hydrogen-bond donors (Lipinski definition) is 0. The fraction of sp³-hybridized carbons (Fsp3) is 0.571. The topological polar surface area (TPSA) is 78.9 Å². The van der Waals surface area contributed by atoms with Crippen molar-refractivity contribution < 1.29 is 28.6 Å². The molecule has 0 bridgehead atoms. The molecule has 0 fully saturated rings. The third kappa shape index (κ3) is 54.1. The molecule has 0 aromatic rings. The molecule has 0 aliphatic rings. The van der Waals surface area contributed by atoms with Crippen molar-refractivity contribution >= 4 is 17.9 Å². The average molecular weight is 951 g/mol. The first-order chi connectivity index (χ1) is 34.0. The molecule has 0 amide bonds. The van der Waals surface area contributed by atoms with Crippen molar-refractivity contribution in [1.29, 1.82) is 0 Å². The molecule has 6 heteroatoms. The first-order valence-corrected chi connectivity index (χ1v) is 27.3. The minimum atomic E-state index is -0.856. The predicted octanol–water partition coefficient (Wildman–Crippen LogP) is 18.4. The summed E-state index contributed by atoms with van der Waals surface area (Å²) in [5.41, 5.74) is 0. The Kier molecular flexibility index (Phi) is 52.1. The Labute approximate surface area is 423 Å². The van der Waals surface area contributed by atoms with Gasteiger partial charge >= 0.3 is 17.9 Å². The number of carbonyl (C=O) groups is 3. The van der Waals surface area contributed by atoms with E-state index < -0.39 is 12.1 Å². The number of carbonyl (C=O) groups excluding carboxylic acids is 3. The zero-order valence-electron chi connectivity index (χ0n) is 44.0. The van der Waals surface area contributed by atoms with Gasteiger partial charge in [0, 0.05) is 19.3 Å². The highest BCUT2D eigenvalue weighted by Gasteiger charge is 2.19. The van der Waals surface area contributed by atoms with E-state index in [-0.39, 0.29) is 44.4 Å². The van der Waals surface area contributed by atoms with Crippen LogP contribution in [0.4, 0.5) is 0 Å². The third-order valence-electron chi connectivity index (χ3n) is 10.8. The number of rotatable bonds is 47. The van der Waals surface area contributed by atoms with Gasteiger partial charge < -0.3 is 14.2 Å². The minimum Gasteiger partial charge on any atom is -0.462 e. The Morgan fingerprint density at radius 1 is 0.304 bits per heavy atom. The van der Waals surface area contributed by atoms with Crippen LogP contribution in [0.3, 0.4) is 0 Å². The number of esters is 3. The molecule has 0 aliphatic heterocycles. The van der Waals surface area contributed by atoms with Crippen molar-refractivity contribution in [2.75, 3.05) is 13.2 Å². The number of unbranched alkanes of at least 4 members (excludes halogenated alkanes) is 12. The Hall–Kier alpha value is -4.71. The van der Waals surface area contributed by atoms with E-state index in [2.05, 4.69) is 167 Å². The molecule has 0 saturated carbocycles. The fourth-order valence-electron chi connectivity index (χ4n) is 6.72. The summed E-state index contributed by atoms with van der Waals surface area (Å²) in [5, 5.41) is 0. The SMILES string of the molecule is CC/C=C\C/C=C\C/C=C\C/C=C\C/C=C\CCCC(=O)OC[C@H](COC(=O)CCC/C=C\C/C=C\C/C=C\CCCCCCCC)OC(=O)CCC/C=C\C/C=C\C/C=C\C/C=C\CCCCC. The van der Waals surface area contributed by atoms with Crippen LogP contribution in [-0.4, -0.2) is 37.2 Å². The highest BCUT2D eigenvalue weighted by atomic mass is 16.6. The summed E-state index contributed by atoms with van der Waals surface area (Å²) in [4.78, 5) is 38.0. The number of ether oxygens (including phenoxy) is 3. The molecule has 0 radical (unpaired) electrons. The van der Waals surface area contributed by atoms with Gasteiger partial charge in [-0.05, 0) is 128 Å². The molecule has 0 spiro atoms. The van der Waals surface area contributed by atoms with Crippen molar-refractivity contribution in [2.45, 2.75) is 219 Å². The van der Waals surface area contributed by atoms with Crippen LogP contribution in [0.5, 0.6) is 0 Å². The van der Waals surface area contributed by atoms with E-state index in [0.29, 0.717) is 19.3 Å². The molecule has 0 unspecified atom stereocenters. The van der Waals surface area contributed by atoms with Crippen LogP contribution in [0.2, 0.25) is 0 Å². The normalized spacial score (nSPS) is 13.3. The van der Waals surface area contributed by atoms with E-state index in [1.807, 2.05) is 0 Å². The summed E-state index contributed by atoms with van der Waals surface area (Å²) >= 11 is 0. The molecule has 0 rings (SSSR count). The third-order valence-corrected chi connectivity index (χ3v) is 10.8. The van der Waals surface area contributed by atoms with Gasteiger partial charge in [0.25, 0.3) is 0 Å². The largest absolute Gasteiger partial charge is 0.462 e. The number of allylic oxidation sites excluding steroid dienone is 24. The molecular weight excluding hydrogens is 853 g/mol. The summed E-state index contributed by atoms with van der Waals surface area (Å²) in [7, 11) is 0. The summed E-state index contributed by atoms with van der Waals surface area (Å²) < 4.78 is 16.7. The van der Waals surface area contributed by atoms with Crippen LogP contribution in [0, 0.1) is 0 Å². The number of hydrogen-bond acceptors (Lipinski definition) is 6. The zero-order valence-corrected chi connectivity index (χ0v) is 44.0. The van der Waals surface area contributed by atoms with Gasteiger partial charge in [-0.2, -0.15) is 0 Å². The highest BCUT2D eigenvalue weighted by molar-refractivity contribution is 5.71. The van der Waals surface area contributed by atoms with E-state index in [1.165, 1.54) is 70.6 Å². The van der Waals surface area contributed by atoms with E-state index in [4.69, 9.17) is 14.2 Å². The quantitative estimate of drug-likeness (QED) is 0.0262. The highest BCUT2D eigenvalue weighted by Crippen LogP contribution is 2.10. The van der Waals surface area contributed by atoms with Crippen molar-refractivity contribution in [1.82, 2.24) is 0 Å². The molecule has 1 atom stereocenters. The summed E-state index contributed by atoms with van der Waals surface area (Å²) in [6.45, 7) is 6.33. The van der Waals surface area contributed by atoms with Gasteiger partial charge in [0.05, 0.1) is 0 Å². The maximum atomic E-state index is 12.8. The predicted molar refractivity (Wildman–Crippen MR) is 297 cm³/mol. The van der Waals surface area contributed by atoms with Gasteiger partial charge in [-0.3, -0.25) is 14.4 Å². The smallest absolute Gasteiger partial charge is 0.306 e. The Morgan fingerprint density at radius 2 is 0.565 bits per heavy atom. The lowest BCUT2D eigenvalue weighted by atomic mass is 10.1. The standard InChI is InChI=1S/C63H98O6/c1-4-7-10-13-16-19-22-25-28-31-34-37-40-43-46-49-52-55-61(64)67-58-60(69-63(66)57-54-51-48-45-42-39-36-33-30-27-24-21-18-15-12-9-6-3)59-68-62(65)56-53-50-47-44-41-38-35-32-29-26-23-20-17-14-11-8-5-2/h7,10,16,18-19,21,25-30,34-39,43-48,60H,4-6,8-9,11-15,17,20,22-24,31-33,40-42,49-59H2,1-3H3/b10-7-,19-16-,21-18-,28-25-,29-26-,30-27-,37-34-,38-35-,39-36-,46-43-,47-44-,48-45-/t60-/m1/s1. The summed E-state index contributed by atoms with van der Waals surface area (Å²) in [6, 6.07) is 0. The Morgan fingerprint density at radius 3 is 0.913 bits per heavy atom. The van der Waals surface area contributed by atoms with Gasteiger partial charge in [0.15, 0.2) is 6.10 Å². The van der Waals surface area contributed by atoms with Crippen LogP contribution in [0.15, 0.2) is 146 Å². The van der Waals surface area contributed by atoms with E-state index in [1.54, 1.807) is 0 Å². The van der Waals surface area contributed by atoms with E-state index in [0.717, 1.165) is 83.5 Å². The molecular formula is C63H98O6. The summed E-state index contributed by atoms with van der Waals surface area (Å²) in [6.07, 6.45) is 79.9. The monoisotopic (exact) mass is 951 g/mol. The second-order valence-electron chi connectivity index (χ2n) is 17.4. The van der Waals surface area contributed by atoms with E-state index in [9.17, 15) is 14.4 Å². The van der Waals surface area contributed by atoms with Crippen molar-refractivity contribution in [2.24, 2.45) is 0 Å². The van der Waals surface area contributed by atoms with Gasteiger partial charge in [-0.25, -0.2) is 0 Å². The maximum absolute atomic E-state index is 12.8. The van der Waals surface area contributed by atoms with Crippen molar-refractivity contribution in [3.8, 4) is 0 Å². The van der Waals surface area contributed by atoms with E-state index >= 15 is 0 Å². The Bertz CT molecular complexity index is 1560. The molecule has 0 N–H and O–H groups in total. The lowest BCUT2D eigenvalue weighted by Gasteiger charge is -2.18. The van der Waals surface area contributed by atoms with Crippen molar-refractivity contribution in [3.63, 3.8) is 0 Å². The van der Waals surface area contributed by atoms with Crippen LogP contribution < -0.4 is 0 Å². The average Bonchev–Trinajstić information content (AvgIpc) is 3.35. The zero-order chi connectivity index (χ0) is 50.0. The van der Waals surface area contributed by atoms with Gasteiger partial charge in [0.2, 0.25) is 0 Å². The first-order valence-electron chi connectivity index (χ1n) is 27.3. The Balaban J connectivity index is 4.67. The van der Waals surface area contributed by atoms with Gasteiger partial charge in [-0.1, -0.05) is 212 Å². The van der Waals surface area contributed by atoms with Crippen LogP contribution >= 0.6 is 0 Å². The molecule has 0 aliphatic carbocycles. The van der Waals surface area contributed by atoms with Crippen LogP contribution in [0.25, 0.3) is 0 Å². The molecule has 0 saturated heterocycles. The summed E-state index contributed by atoms with van der Waals surface area (Å²) in [5.74, 6) is -1.12. The second kappa shape index (κ2) is 55.9. The maximum Gasteiger partial charge on any atom is 0.306 e. The first kappa shape index (κ1) is 64.3. The second-order valence-corrected chi connectivity index (χ2v) is 17.4. The minimum absolute atomic E-state index is 0.150. The lowest BCUT2D eigenvalue weighted by molar-refractivity contribution is -0.166. The molecule has 0 heterocycles. The molecule has 69 heavy (non-hydrogen) atoms. The molecule has 386 valence electrons. The van der Waals surface area contributed by atoms with Crippen molar-refractivity contribution in [3.05, 3.63) is 146 Å². The lowest BCUT2D eigenvalue weighted by Crippen LogP contribution is -2.30. The van der Waals surface area contributed by atoms with Gasteiger partial charge in [0.1, 0.15) is 13.2 Å². The van der Waals surface area contributed by atoms with Crippen LogP contribution in [-0.2, 0) is 28.6 Å².